The summed E-state index contributed by atoms with van der Waals surface area (Å²) in [5.74, 6) is 0.929. The van der Waals surface area contributed by atoms with Crippen LogP contribution in [0.3, 0.4) is 0 Å². The highest BCUT2D eigenvalue weighted by molar-refractivity contribution is 5.79. The second-order valence-corrected chi connectivity index (χ2v) is 6.13. The molecule has 0 heterocycles. The Kier molecular flexibility index (Phi) is 6.72. The summed E-state index contributed by atoms with van der Waals surface area (Å²) in [5.41, 5.74) is 1.81. The number of nitrogens with one attached hydrogen (secondary N) is 2. The molecule has 4 nitrogen and oxygen atoms in total. The average molecular weight is 303 g/mol. The summed E-state index contributed by atoms with van der Waals surface area (Å²) in [6, 6.07) is 10.8. The Hall–Kier alpha value is -1.55. The molecular weight excluding hydrogens is 274 g/mol. The largest absolute Gasteiger partial charge is 0.385 e. The maximum atomic E-state index is 5.07. The molecule has 122 valence electrons. The number of ether oxygens (including phenoxy) is 1. The number of hydrogen-bond donors (Lipinski definition) is 2. The first-order valence-corrected chi connectivity index (χ1v) is 8.33. The topological polar surface area (TPSA) is 45.7 Å². The predicted molar refractivity (Wildman–Crippen MR) is 92.3 cm³/mol. The van der Waals surface area contributed by atoms with Crippen molar-refractivity contribution < 1.29 is 4.74 Å². The van der Waals surface area contributed by atoms with Crippen molar-refractivity contribution in [1.29, 1.82) is 0 Å². The van der Waals surface area contributed by atoms with E-state index in [0.717, 1.165) is 45.0 Å². The second-order valence-electron chi connectivity index (χ2n) is 6.13. The maximum absolute atomic E-state index is 5.07. The molecular formula is C18H29N3O. The molecule has 0 radical (unpaired) electrons. The van der Waals surface area contributed by atoms with Gasteiger partial charge in [0, 0.05) is 33.4 Å². The highest BCUT2D eigenvalue weighted by atomic mass is 16.5. The fourth-order valence-electron chi connectivity index (χ4n) is 2.61. The molecule has 1 aliphatic rings. The van der Waals surface area contributed by atoms with Gasteiger partial charge in [-0.25, -0.2) is 0 Å². The van der Waals surface area contributed by atoms with Crippen LogP contribution in [0, 0.1) is 5.41 Å². The van der Waals surface area contributed by atoms with Gasteiger partial charge in [-0.1, -0.05) is 30.3 Å². The van der Waals surface area contributed by atoms with Crippen LogP contribution in [0.4, 0.5) is 0 Å². The third-order valence-corrected chi connectivity index (χ3v) is 4.11. The predicted octanol–water partition coefficient (Wildman–Crippen LogP) is 2.60. The molecule has 1 saturated carbocycles. The minimum atomic E-state index is 0.385. The lowest BCUT2D eigenvalue weighted by Gasteiger charge is -2.15. The molecule has 1 aliphatic carbocycles. The summed E-state index contributed by atoms with van der Waals surface area (Å²) < 4.78 is 5.07. The van der Waals surface area contributed by atoms with E-state index in [0.29, 0.717) is 5.41 Å². The van der Waals surface area contributed by atoms with Crippen molar-refractivity contribution in [2.75, 3.05) is 33.4 Å². The zero-order valence-corrected chi connectivity index (χ0v) is 13.9. The summed E-state index contributed by atoms with van der Waals surface area (Å²) in [4.78, 5) is 4.80. The Morgan fingerprint density at radius 1 is 1.23 bits per heavy atom. The monoisotopic (exact) mass is 303 g/mol. The van der Waals surface area contributed by atoms with E-state index in [9.17, 15) is 0 Å². The van der Waals surface area contributed by atoms with Crippen molar-refractivity contribution in [1.82, 2.24) is 10.6 Å². The molecule has 0 atom stereocenters. The summed E-state index contributed by atoms with van der Waals surface area (Å²) in [6.07, 6.45) is 4.71. The lowest BCUT2D eigenvalue weighted by Crippen LogP contribution is -2.38. The summed E-state index contributed by atoms with van der Waals surface area (Å²) in [6.45, 7) is 5.57. The van der Waals surface area contributed by atoms with Crippen LogP contribution in [0.5, 0.6) is 0 Å². The molecule has 0 saturated heterocycles. The number of nitrogens with zero attached hydrogens (tertiary/aromatic N) is 1. The van der Waals surface area contributed by atoms with E-state index in [1.807, 2.05) is 0 Å². The van der Waals surface area contributed by atoms with E-state index < -0.39 is 0 Å². The Morgan fingerprint density at radius 2 is 2.00 bits per heavy atom. The van der Waals surface area contributed by atoms with Crippen LogP contribution < -0.4 is 10.6 Å². The smallest absolute Gasteiger partial charge is 0.191 e. The third-order valence-electron chi connectivity index (χ3n) is 4.11. The Labute approximate surface area is 134 Å². The highest BCUT2D eigenvalue weighted by Crippen LogP contribution is 2.48. The van der Waals surface area contributed by atoms with Gasteiger partial charge in [0.25, 0.3) is 0 Å². The van der Waals surface area contributed by atoms with Gasteiger partial charge in [0.15, 0.2) is 5.96 Å². The van der Waals surface area contributed by atoms with Crippen molar-refractivity contribution in [3.8, 4) is 0 Å². The van der Waals surface area contributed by atoms with Crippen LogP contribution in [0.15, 0.2) is 35.3 Å². The van der Waals surface area contributed by atoms with Crippen molar-refractivity contribution in [2.24, 2.45) is 10.4 Å². The second kappa shape index (κ2) is 8.79. The first-order chi connectivity index (χ1) is 10.8. The van der Waals surface area contributed by atoms with Crippen LogP contribution in [-0.2, 0) is 11.2 Å². The van der Waals surface area contributed by atoms with Gasteiger partial charge in [0.1, 0.15) is 0 Å². The molecule has 0 unspecified atom stereocenters. The molecule has 0 bridgehead atoms. The van der Waals surface area contributed by atoms with Gasteiger partial charge in [-0.05, 0) is 43.6 Å². The first-order valence-electron chi connectivity index (χ1n) is 8.33. The van der Waals surface area contributed by atoms with Gasteiger partial charge in [0.2, 0.25) is 0 Å². The molecule has 2 N–H and O–H groups in total. The molecule has 1 aromatic carbocycles. The third kappa shape index (κ3) is 5.68. The minimum Gasteiger partial charge on any atom is -0.385 e. The number of methoxy groups -OCH3 is 1. The number of hydrogen-bond acceptors (Lipinski definition) is 2. The molecule has 2 rings (SSSR count). The van der Waals surface area contributed by atoms with Gasteiger partial charge in [-0.2, -0.15) is 0 Å². The fourth-order valence-corrected chi connectivity index (χ4v) is 2.61. The van der Waals surface area contributed by atoms with Crippen molar-refractivity contribution in [3.63, 3.8) is 0 Å². The highest BCUT2D eigenvalue weighted by Gasteiger charge is 2.42. The van der Waals surface area contributed by atoms with E-state index >= 15 is 0 Å². The van der Waals surface area contributed by atoms with E-state index in [1.165, 1.54) is 18.4 Å². The number of rotatable bonds is 9. The minimum absolute atomic E-state index is 0.385. The Balaban J connectivity index is 1.83. The molecule has 4 heteroatoms. The van der Waals surface area contributed by atoms with Crippen LogP contribution in [0.25, 0.3) is 0 Å². The number of guanidine groups is 1. The van der Waals surface area contributed by atoms with Gasteiger partial charge in [-0.3, -0.25) is 4.99 Å². The lowest BCUT2D eigenvalue weighted by molar-refractivity contribution is 0.195. The van der Waals surface area contributed by atoms with Crippen molar-refractivity contribution >= 4 is 5.96 Å². The molecule has 0 amide bonds. The molecule has 0 spiro atoms. The first kappa shape index (κ1) is 16.8. The maximum Gasteiger partial charge on any atom is 0.191 e. The van der Waals surface area contributed by atoms with E-state index in [-0.39, 0.29) is 0 Å². The summed E-state index contributed by atoms with van der Waals surface area (Å²) >= 11 is 0. The zero-order valence-electron chi connectivity index (χ0n) is 13.9. The van der Waals surface area contributed by atoms with Gasteiger partial charge < -0.3 is 15.4 Å². The Morgan fingerprint density at radius 3 is 2.64 bits per heavy atom. The van der Waals surface area contributed by atoms with E-state index in [1.54, 1.807) is 7.11 Å². The lowest BCUT2D eigenvalue weighted by atomic mass is 9.97. The number of benzene rings is 1. The quantitative estimate of drug-likeness (QED) is 0.419. The normalized spacial score (nSPS) is 16.4. The van der Waals surface area contributed by atoms with Crippen molar-refractivity contribution in [3.05, 3.63) is 35.9 Å². The zero-order chi connectivity index (χ0) is 15.7. The van der Waals surface area contributed by atoms with Gasteiger partial charge >= 0.3 is 0 Å². The average Bonchev–Trinajstić information content (AvgIpc) is 3.30. The van der Waals surface area contributed by atoms with Crippen molar-refractivity contribution in [2.45, 2.75) is 32.6 Å². The number of aliphatic imine (C=N–C) groups is 1. The molecule has 0 aliphatic heterocycles. The fraction of sp³-hybridized carbons (Fsp3) is 0.611. The van der Waals surface area contributed by atoms with Gasteiger partial charge in [0.05, 0.1) is 0 Å². The van der Waals surface area contributed by atoms with E-state index in [4.69, 9.17) is 9.73 Å². The molecule has 22 heavy (non-hydrogen) atoms. The SMILES string of the molecule is CCNC(=NCC1(Cc2ccccc2)CC1)NCCCOC. The van der Waals surface area contributed by atoms with Crippen LogP contribution in [0.1, 0.15) is 31.7 Å². The molecule has 1 aromatic rings. The van der Waals surface area contributed by atoms with Crippen LogP contribution in [-0.4, -0.2) is 39.3 Å². The summed E-state index contributed by atoms with van der Waals surface area (Å²) in [7, 11) is 1.74. The summed E-state index contributed by atoms with van der Waals surface area (Å²) in [5, 5.41) is 6.70. The van der Waals surface area contributed by atoms with E-state index in [2.05, 4.69) is 47.9 Å². The van der Waals surface area contributed by atoms with Crippen LogP contribution in [0.2, 0.25) is 0 Å². The standard InChI is InChI=1S/C18H29N3O/c1-3-19-17(20-12-7-13-22-2)21-15-18(10-11-18)14-16-8-5-4-6-9-16/h4-6,8-9H,3,7,10-15H2,1-2H3,(H2,19,20,21). The Bertz CT molecular complexity index is 455. The van der Waals surface area contributed by atoms with Gasteiger partial charge in [-0.15, -0.1) is 0 Å². The van der Waals surface area contributed by atoms with Crippen LogP contribution >= 0.6 is 0 Å². The molecule has 1 fully saturated rings. The molecule has 0 aromatic heterocycles.